The quantitative estimate of drug-likeness (QED) is 0.928. The predicted octanol–water partition coefficient (Wildman–Crippen LogP) is 2.27. The summed E-state index contributed by atoms with van der Waals surface area (Å²) in [5.41, 5.74) is 1.11. The Balaban J connectivity index is 1.83. The number of nitrogens with one attached hydrogen (secondary N) is 1. The molecule has 1 saturated heterocycles. The van der Waals surface area contributed by atoms with Crippen molar-refractivity contribution in [1.29, 1.82) is 0 Å². The van der Waals surface area contributed by atoms with Crippen molar-refractivity contribution < 1.29 is 0 Å². The number of nitrogens with zero attached hydrogens (tertiary/aromatic N) is 2. The standard InChI is InChI=1S/C13H20BrN3/c1-10-9-17(2)6-5-13(10)16-8-12-4-3-11(14)7-15-12/h3-4,7,10,13,16H,5-6,8-9H2,1-2H3. The second kappa shape index (κ2) is 5.94. The first-order valence-corrected chi connectivity index (χ1v) is 6.97. The molecule has 0 bridgehead atoms. The average molecular weight is 298 g/mol. The third-order valence-electron chi connectivity index (χ3n) is 3.44. The molecule has 2 rings (SSSR count). The van der Waals surface area contributed by atoms with E-state index in [-0.39, 0.29) is 0 Å². The lowest BCUT2D eigenvalue weighted by Crippen LogP contribution is -2.46. The van der Waals surface area contributed by atoms with Crippen LogP contribution < -0.4 is 5.32 Å². The first kappa shape index (κ1) is 13.0. The van der Waals surface area contributed by atoms with E-state index in [1.54, 1.807) is 0 Å². The highest BCUT2D eigenvalue weighted by molar-refractivity contribution is 9.10. The highest BCUT2D eigenvalue weighted by Crippen LogP contribution is 2.16. The molecule has 0 spiro atoms. The summed E-state index contributed by atoms with van der Waals surface area (Å²) in [6.45, 7) is 5.57. The minimum absolute atomic E-state index is 0.622. The Morgan fingerprint density at radius 2 is 2.35 bits per heavy atom. The molecule has 1 fully saturated rings. The van der Waals surface area contributed by atoms with Crippen molar-refractivity contribution in [3.05, 3.63) is 28.5 Å². The van der Waals surface area contributed by atoms with Crippen LogP contribution in [-0.2, 0) is 6.54 Å². The zero-order chi connectivity index (χ0) is 12.3. The number of piperidine rings is 1. The number of aromatic nitrogens is 1. The van der Waals surface area contributed by atoms with Gasteiger partial charge in [0.25, 0.3) is 0 Å². The minimum Gasteiger partial charge on any atom is -0.308 e. The van der Waals surface area contributed by atoms with Gasteiger partial charge in [0.15, 0.2) is 0 Å². The molecule has 2 atom stereocenters. The topological polar surface area (TPSA) is 28.2 Å². The Labute approximate surface area is 112 Å². The van der Waals surface area contributed by atoms with Crippen molar-refractivity contribution in [2.24, 2.45) is 5.92 Å². The van der Waals surface area contributed by atoms with E-state index in [9.17, 15) is 0 Å². The van der Waals surface area contributed by atoms with E-state index < -0.39 is 0 Å². The van der Waals surface area contributed by atoms with E-state index in [1.165, 1.54) is 19.5 Å². The van der Waals surface area contributed by atoms with Gasteiger partial charge in [0.05, 0.1) is 5.69 Å². The molecule has 0 saturated carbocycles. The SMILES string of the molecule is CC1CN(C)CCC1NCc1ccc(Br)cn1. The van der Waals surface area contributed by atoms with Crippen LogP contribution in [0, 0.1) is 5.92 Å². The third kappa shape index (κ3) is 3.76. The molecular formula is C13H20BrN3. The molecule has 17 heavy (non-hydrogen) atoms. The van der Waals surface area contributed by atoms with E-state index in [4.69, 9.17) is 0 Å². The lowest BCUT2D eigenvalue weighted by molar-refractivity contribution is 0.174. The Hall–Kier alpha value is -0.450. The fraction of sp³-hybridized carbons (Fsp3) is 0.615. The van der Waals surface area contributed by atoms with Crippen LogP contribution >= 0.6 is 15.9 Å². The first-order valence-electron chi connectivity index (χ1n) is 6.17. The second-order valence-corrected chi connectivity index (χ2v) is 5.90. The van der Waals surface area contributed by atoms with Gasteiger partial charge in [0.2, 0.25) is 0 Å². The van der Waals surface area contributed by atoms with Crippen molar-refractivity contribution in [3.8, 4) is 0 Å². The Bertz CT molecular complexity index is 352. The summed E-state index contributed by atoms with van der Waals surface area (Å²) in [4.78, 5) is 6.79. The minimum atomic E-state index is 0.622. The summed E-state index contributed by atoms with van der Waals surface area (Å²) in [5.74, 6) is 0.712. The molecule has 1 N–H and O–H groups in total. The fourth-order valence-corrected chi connectivity index (χ4v) is 2.64. The molecule has 1 aromatic rings. The van der Waals surface area contributed by atoms with E-state index >= 15 is 0 Å². The molecule has 1 aromatic heterocycles. The fourth-order valence-electron chi connectivity index (χ4n) is 2.40. The molecule has 0 radical (unpaired) electrons. The zero-order valence-corrected chi connectivity index (χ0v) is 12.1. The summed E-state index contributed by atoms with van der Waals surface area (Å²) < 4.78 is 1.04. The number of hydrogen-bond donors (Lipinski definition) is 1. The monoisotopic (exact) mass is 297 g/mol. The van der Waals surface area contributed by atoms with Gasteiger partial charge in [-0.25, -0.2) is 0 Å². The van der Waals surface area contributed by atoms with Crippen LogP contribution in [0.15, 0.2) is 22.8 Å². The highest BCUT2D eigenvalue weighted by atomic mass is 79.9. The Morgan fingerprint density at radius 1 is 1.53 bits per heavy atom. The number of likely N-dealkylation sites (tertiary alicyclic amines) is 1. The van der Waals surface area contributed by atoms with Crippen molar-refractivity contribution in [2.45, 2.75) is 25.9 Å². The van der Waals surface area contributed by atoms with Crippen LogP contribution in [0.3, 0.4) is 0 Å². The smallest absolute Gasteiger partial charge is 0.0542 e. The van der Waals surface area contributed by atoms with Gasteiger partial charge in [-0.05, 0) is 54.0 Å². The van der Waals surface area contributed by atoms with Crippen molar-refractivity contribution in [3.63, 3.8) is 0 Å². The third-order valence-corrected chi connectivity index (χ3v) is 3.91. The molecule has 0 aliphatic carbocycles. The van der Waals surface area contributed by atoms with E-state index in [0.717, 1.165) is 16.7 Å². The van der Waals surface area contributed by atoms with Gasteiger partial charge >= 0.3 is 0 Å². The maximum atomic E-state index is 4.38. The van der Waals surface area contributed by atoms with Crippen molar-refractivity contribution >= 4 is 15.9 Å². The molecule has 94 valence electrons. The molecule has 3 nitrogen and oxygen atoms in total. The summed E-state index contributed by atoms with van der Waals surface area (Å²) in [6.07, 6.45) is 3.09. The second-order valence-electron chi connectivity index (χ2n) is 4.98. The van der Waals surface area contributed by atoms with Crippen LogP contribution in [0.2, 0.25) is 0 Å². The lowest BCUT2D eigenvalue weighted by atomic mass is 9.94. The maximum Gasteiger partial charge on any atom is 0.0542 e. The van der Waals surface area contributed by atoms with Crippen LogP contribution in [0.4, 0.5) is 0 Å². The van der Waals surface area contributed by atoms with Crippen LogP contribution in [0.5, 0.6) is 0 Å². The van der Waals surface area contributed by atoms with Crippen LogP contribution in [0.25, 0.3) is 0 Å². The number of halogens is 1. The summed E-state index contributed by atoms with van der Waals surface area (Å²) in [6, 6.07) is 4.73. The molecule has 0 aromatic carbocycles. The van der Waals surface area contributed by atoms with E-state index in [2.05, 4.69) is 51.2 Å². The summed E-state index contributed by atoms with van der Waals surface area (Å²) >= 11 is 3.40. The maximum absolute atomic E-state index is 4.38. The van der Waals surface area contributed by atoms with Crippen molar-refractivity contribution in [2.75, 3.05) is 20.1 Å². The Morgan fingerprint density at radius 3 is 3.00 bits per heavy atom. The molecule has 4 heteroatoms. The molecule has 2 unspecified atom stereocenters. The largest absolute Gasteiger partial charge is 0.308 e. The summed E-state index contributed by atoms with van der Waals surface area (Å²) in [5, 5.41) is 3.62. The van der Waals surface area contributed by atoms with E-state index in [1.807, 2.05) is 12.3 Å². The van der Waals surface area contributed by atoms with Gasteiger partial charge in [-0.3, -0.25) is 4.98 Å². The lowest BCUT2D eigenvalue weighted by Gasteiger charge is -2.35. The zero-order valence-electron chi connectivity index (χ0n) is 10.5. The van der Waals surface area contributed by atoms with Gasteiger partial charge in [-0.15, -0.1) is 0 Å². The number of hydrogen-bond acceptors (Lipinski definition) is 3. The van der Waals surface area contributed by atoms with Gasteiger partial charge < -0.3 is 10.2 Å². The van der Waals surface area contributed by atoms with Gasteiger partial charge in [0.1, 0.15) is 0 Å². The Kier molecular flexibility index (Phi) is 4.54. The molecule has 1 aliphatic rings. The van der Waals surface area contributed by atoms with Crippen LogP contribution in [0.1, 0.15) is 19.0 Å². The highest BCUT2D eigenvalue weighted by Gasteiger charge is 2.23. The van der Waals surface area contributed by atoms with Gasteiger partial charge in [-0.2, -0.15) is 0 Å². The molecule has 2 heterocycles. The molecule has 0 amide bonds. The molecular weight excluding hydrogens is 278 g/mol. The van der Waals surface area contributed by atoms with Gasteiger partial charge in [0, 0.05) is 29.8 Å². The van der Waals surface area contributed by atoms with Crippen LogP contribution in [-0.4, -0.2) is 36.1 Å². The van der Waals surface area contributed by atoms with E-state index in [0.29, 0.717) is 12.0 Å². The number of rotatable bonds is 3. The molecule has 1 aliphatic heterocycles. The summed E-state index contributed by atoms with van der Waals surface area (Å²) in [7, 11) is 2.20. The van der Waals surface area contributed by atoms with Gasteiger partial charge in [-0.1, -0.05) is 6.92 Å². The number of pyridine rings is 1. The average Bonchev–Trinajstić information content (AvgIpc) is 2.30. The predicted molar refractivity (Wildman–Crippen MR) is 73.8 cm³/mol. The normalized spacial score (nSPS) is 26.1. The van der Waals surface area contributed by atoms with Crippen molar-refractivity contribution in [1.82, 2.24) is 15.2 Å². The first-order chi connectivity index (χ1) is 8.15.